The predicted octanol–water partition coefficient (Wildman–Crippen LogP) is 3.38. The lowest BCUT2D eigenvalue weighted by Crippen LogP contribution is -2.32. The van der Waals surface area contributed by atoms with Gasteiger partial charge in [0, 0.05) is 25.3 Å². The van der Waals surface area contributed by atoms with Crippen LogP contribution in [0.15, 0.2) is 59.8 Å². The number of hydrogen-bond donors (Lipinski definition) is 1. The molecule has 30 heavy (non-hydrogen) atoms. The van der Waals surface area contributed by atoms with E-state index in [1.165, 1.54) is 23.9 Å². The van der Waals surface area contributed by atoms with Crippen LogP contribution in [0, 0.1) is 5.82 Å². The van der Waals surface area contributed by atoms with E-state index in [0.29, 0.717) is 18.1 Å². The standard InChI is InChI=1S/C22H23FN4O2S/c23-17-8-10-18(11-9-17)27-20(13-16-5-2-1-3-6-16)25-26-22(27)30-15-21(28)24-14-19-7-4-12-29-19/h1-3,5-6,8-11,19H,4,7,12-15H2,(H,24,28)/t19-/m1/s1. The molecular formula is C22H23FN4O2S. The minimum absolute atomic E-state index is 0.0752. The Morgan fingerprint density at radius 1 is 1.17 bits per heavy atom. The lowest BCUT2D eigenvalue weighted by molar-refractivity contribution is -0.119. The highest BCUT2D eigenvalue weighted by atomic mass is 32.2. The third kappa shape index (κ3) is 5.25. The fourth-order valence-corrected chi connectivity index (χ4v) is 4.15. The van der Waals surface area contributed by atoms with Gasteiger partial charge in [-0.3, -0.25) is 9.36 Å². The highest BCUT2D eigenvalue weighted by Crippen LogP contribution is 2.24. The monoisotopic (exact) mass is 426 g/mol. The van der Waals surface area contributed by atoms with E-state index in [9.17, 15) is 9.18 Å². The summed E-state index contributed by atoms with van der Waals surface area (Å²) in [5.41, 5.74) is 1.86. The van der Waals surface area contributed by atoms with Gasteiger partial charge >= 0.3 is 0 Å². The van der Waals surface area contributed by atoms with Crippen molar-refractivity contribution >= 4 is 17.7 Å². The van der Waals surface area contributed by atoms with Crippen LogP contribution in [0.25, 0.3) is 5.69 Å². The van der Waals surface area contributed by atoms with Crippen LogP contribution < -0.4 is 5.32 Å². The highest BCUT2D eigenvalue weighted by Gasteiger charge is 2.18. The van der Waals surface area contributed by atoms with Gasteiger partial charge in [0.15, 0.2) is 5.16 Å². The van der Waals surface area contributed by atoms with Crippen LogP contribution in [-0.2, 0) is 16.0 Å². The number of amides is 1. The zero-order chi connectivity index (χ0) is 20.8. The molecule has 1 saturated heterocycles. The van der Waals surface area contributed by atoms with Gasteiger partial charge in [-0.1, -0.05) is 42.1 Å². The summed E-state index contributed by atoms with van der Waals surface area (Å²) in [5.74, 6) is 0.570. The van der Waals surface area contributed by atoms with Crippen molar-refractivity contribution in [3.63, 3.8) is 0 Å². The van der Waals surface area contributed by atoms with Crippen LogP contribution in [-0.4, -0.2) is 45.7 Å². The van der Waals surface area contributed by atoms with E-state index in [1.54, 1.807) is 12.1 Å². The SMILES string of the molecule is O=C(CSc1nnc(Cc2ccccc2)n1-c1ccc(F)cc1)NC[C@H]1CCCO1. The molecule has 1 atom stereocenters. The zero-order valence-electron chi connectivity index (χ0n) is 16.5. The van der Waals surface area contributed by atoms with Crippen molar-refractivity contribution < 1.29 is 13.9 Å². The molecule has 8 heteroatoms. The van der Waals surface area contributed by atoms with Crippen LogP contribution in [0.2, 0.25) is 0 Å². The molecule has 0 saturated carbocycles. The van der Waals surface area contributed by atoms with Gasteiger partial charge < -0.3 is 10.1 Å². The molecule has 0 radical (unpaired) electrons. The van der Waals surface area contributed by atoms with Crippen molar-refractivity contribution in [2.75, 3.05) is 18.9 Å². The summed E-state index contributed by atoms with van der Waals surface area (Å²) in [5, 5.41) is 12.2. The third-order valence-corrected chi connectivity index (χ3v) is 5.80. The van der Waals surface area contributed by atoms with Crippen LogP contribution in [0.1, 0.15) is 24.2 Å². The van der Waals surface area contributed by atoms with Crippen LogP contribution in [0.4, 0.5) is 4.39 Å². The molecule has 1 N–H and O–H groups in total. The molecule has 1 aliphatic heterocycles. The number of thioether (sulfide) groups is 1. The van der Waals surface area contributed by atoms with E-state index < -0.39 is 0 Å². The normalized spacial score (nSPS) is 16.0. The maximum absolute atomic E-state index is 13.4. The second-order valence-electron chi connectivity index (χ2n) is 7.10. The summed E-state index contributed by atoms with van der Waals surface area (Å²) >= 11 is 1.31. The molecule has 0 aliphatic carbocycles. The first-order valence-corrected chi connectivity index (χ1v) is 10.9. The summed E-state index contributed by atoms with van der Waals surface area (Å²) < 4.78 is 20.8. The number of rotatable bonds is 8. The molecule has 1 amide bonds. The molecule has 1 aromatic heterocycles. The van der Waals surface area contributed by atoms with Crippen molar-refractivity contribution in [2.24, 2.45) is 0 Å². The maximum atomic E-state index is 13.4. The van der Waals surface area contributed by atoms with Gasteiger partial charge in [0.2, 0.25) is 5.91 Å². The zero-order valence-corrected chi connectivity index (χ0v) is 17.3. The number of aromatic nitrogens is 3. The molecule has 0 spiro atoms. The Hall–Kier alpha value is -2.71. The van der Waals surface area contributed by atoms with Crippen LogP contribution >= 0.6 is 11.8 Å². The second-order valence-corrected chi connectivity index (χ2v) is 8.04. The summed E-state index contributed by atoms with van der Waals surface area (Å²) in [4.78, 5) is 12.3. The van der Waals surface area contributed by atoms with Gasteiger partial charge in [0.05, 0.1) is 11.9 Å². The largest absolute Gasteiger partial charge is 0.376 e. The van der Waals surface area contributed by atoms with Gasteiger partial charge in [0.1, 0.15) is 11.6 Å². The molecule has 2 heterocycles. The number of ether oxygens (including phenoxy) is 1. The number of benzene rings is 2. The lowest BCUT2D eigenvalue weighted by Gasteiger charge is -2.12. The van der Waals surface area contributed by atoms with E-state index >= 15 is 0 Å². The van der Waals surface area contributed by atoms with E-state index in [0.717, 1.165) is 36.5 Å². The average molecular weight is 427 g/mol. The van der Waals surface area contributed by atoms with Gasteiger partial charge in [-0.15, -0.1) is 10.2 Å². The van der Waals surface area contributed by atoms with Crippen molar-refractivity contribution in [2.45, 2.75) is 30.5 Å². The summed E-state index contributed by atoms with van der Waals surface area (Å²) in [6.07, 6.45) is 2.71. The Balaban J connectivity index is 1.48. The second kappa shape index (κ2) is 9.86. The molecule has 3 aromatic rings. The lowest BCUT2D eigenvalue weighted by atomic mass is 10.1. The van der Waals surface area contributed by atoms with Crippen LogP contribution in [0.3, 0.4) is 0 Å². The molecule has 1 fully saturated rings. The fraction of sp³-hybridized carbons (Fsp3) is 0.318. The van der Waals surface area contributed by atoms with Gasteiger partial charge in [-0.25, -0.2) is 4.39 Å². The van der Waals surface area contributed by atoms with Crippen molar-refractivity contribution in [1.29, 1.82) is 0 Å². The molecule has 156 valence electrons. The molecule has 4 rings (SSSR count). The Kier molecular flexibility index (Phi) is 6.76. The van der Waals surface area contributed by atoms with Crippen LogP contribution in [0.5, 0.6) is 0 Å². The topological polar surface area (TPSA) is 69.0 Å². The number of carbonyl (C=O) groups excluding carboxylic acids is 1. The Bertz CT molecular complexity index is 973. The summed E-state index contributed by atoms with van der Waals surface area (Å²) in [6.45, 7) is 1.30. The molecule has 1 aliphatic rings. The van der Waals surface area contributed by atoms with Gasteiger partial charge in [-0.05, 0) is 42.7 Å². The Labute approximate surface area is 178 Å². The number of nitrogens with zero attached hydrogens (tertiary/aromatic N) is 3. The number of hydrogen-bond acceptors (Lipinski definition) is 5. The molecule has 2 aromatic carbocycles. The van der Waals surface area contributed by atoms with Crippen molar-refractivity contribution in [1.82, 2.24) is 20.1 Å². The number of carbonyl (C=O) groups is 1. The average Bonchev–Trinajstić information content (AvgIpc) is 3.42. The summed E-state index contributed by atoms with van der Waals surface area (Å²) in [7, 11) is 0. The summed E-state index contributed by atoms with van der Waals surface area (Å²) in [6, 6.07) is 16.1. The molecule has 0 bridgehead atoms. The minimum atomic E-state index is -0.306. The van der Waals surface area contributed by atoms with Crippen molar-refractivity contribution in [3.8, 4) is 5.69 Å². The van der Waals surface area contributed by atoms with E-state index in [2.05, 4.69) is 15.5 Å². The molecule has 6 nitrogen and oxygen atoms in total. The smallest absolute Gasteiger partial charge is 0.230 e. The first-order valence-electron chi connectivity index (χ1n) is 9.94. The number of halogens is 1. The predicted molar refractivity (Wildman–Crippen MR) is 113 cm³/mol. The Morgan fingerprint density at radius 3 is 2.70 bits per heavy atom. The maximum Gasteiger partial charge on any atom is 0.230 e. The van der Waals surface area contributed by atoms with Crippen molar-refractivity contribution in [3.05, 3.63) is 71.8 Å². The van der Waals surface area contributed by atoms with Gasteiger partial charge in [-0.2, -0.15) is 0 Å². The van der Waals surface area contributed by atoms with E-state index in [-0.39, 0.29) is 23.6 Å². The van der Waals surface area contributed by atoms with Gasteiger partial charge in [0.25, 0.3) is 0 Å². The first-order chi connectivity index (χ1) is 14.7. The van der Waals surface area contributed by atoms with E-state index in [4.69, 9.17) is 4.74 Å². The number of nitrogens with one attached hydrogen (secondary N) is 1. The minimum Gasteiger partial charge on any atom is -0.376 e. The molecule has 0 unspecified atom stereocenters. The van der Waals surface area contributed by atoms with E-state index in [1.807, 2.05) is 34.9 Å². The quantitative estimate of drug-likeness (QED) is 0.559. The Morgan fingerprint density at radius 2 is 1.97 bits per heavy atom. The fourth-order valence-electron chi connectivity index (χ4n) is 3.35. The third-order valence-electron chi connectivity index (χ3n) is 4.87. The highest BCUT2D eigenvalue weighted by molar-refractivity contribution is 7.99. The molecular weight excluding hydrogens is 403 g/mol. The first kappa shape index (κ1) is 20.6.